The fraction of sp³-hybridized carbons (Fsp3) is 0.348. The number of carbonyl (C=O) groups excluding carboxylic acids is 1. The Bertz CT molecular complexity index is 1230. The number of fused-ring (bicyclic) bond motifs is 1. The van der Waals surface area contributed by atoms with Crippen molar-refractivity contribution in [1.29, 1.82) is 0 Å². The number of carbonyl (C=O) groups is 1. The van der Waals surface area contributed by atoms with Gasteiger partial charge in [0.15, 0.2) is 0 Å². The summed E-state index contributed by atoms with van der Waals surface area (Å²) >= 11 is 0. The molecule has 32 heavy (non-hydrogen) atoms. The molecular formula is C23H24N6O3. The van der Waals surface area contributed by atoms with Crippen LogP contribution in [0.2, 0.25) is 0 Å². The third kappa shape index (κ3) is 3.59. The first-order valence-electron chi connectivity index (χ1n) is 10.9. The first kappa shape index (κ1) is 20.2. The third-order valence-corrected chi connectivity index (χ3v) is 6.21. The van der Waals surface area contributed by atoms with Crippen LogP contribution in [0.1, 0.15) is 29.3 Å². The quantitative estimate of drug-likeness (QED) is 0.653. The van der Waals surface area contributed by atoms with Gasteiger partial charge >= 0.3 is 5.69 Å². The Kier molecular flexibility index (Phi) is 5.30. The number of anilines is 1. The van der Waals surface area contributed by atoms with Crippen molar-refractivity contribution < 1.29 is 4.79 Å². The molecule has 0 bridgehead atoms. The van der Waals surface area contributed by atoms with Crippen LogP contribution in [0.5, 0.6) is 0 Å². The summed E-state index contributed by atoms with van der Waals surface area (Å²) in [6.07, 6.45) is 5.53. The van der Waals surface area contributed by atoms with Crippen molar-refractivity contribution in [2.24, 2.45) is 0 Å². The van der Waals surface area contributed by atoms with Crippen molar-refractivity contribution in [2.45, 2.75) is 25.3 Å². The molecule has 1 saturated heterocycles. The van der Waals surface area contributed by atoms with Crippen LogP contribution in [-0.4, -0.2) is 56.5 Å². The lowest BCUT2D eigenvalue weighted by atomic mass is 10.0. The number of aromatic nitrogens is 4. The van der Waals surface area contributed by atoms with Gasteiger partial charge in [-0.2, -0.15) is 0 Å². The highest BCUT2D eigenvalue weighted by Gasteiger charge is 2.33. The zero-order valence-electron chi connectivity index (χ0n) is 17.6. The average molecular weight is 432 g/mol. The molecule has 3 aromatic rings. The first-order valence-corrected chi connectivity index (χ1v) is 10.9. The Morgan fingerprint density at radius 3 is 2.38 bits per heavy atom. The second-order valence-corrected chi connectivity index (χ2v) is 8.09. The second kappa shape index (κ2) is 8.41. The summed E-state index contributed by atoms with van der Waals surface area (Å²) in [6.45, 7) is 2.06. The maximum absolute atomic E-state index is 13.7. The molecule has 9 heteroatoms. The smallest absolute Gasteiger partial charge is 0.329 e. The second-order valence-electron chi connectivity index (χ2n) is 8.09. The molecule has 1 aromatic carbocycles. The van der Waals surface area contributed by atoms with E-state index in [0.717, 1.165) is 11.0 Å². The minimum Gasteiger partial charge on any atom is -0.337 e. The molecule has 1 fully saturated rings. The number of piperazine rings is 1. The largest absolute Gasteiger partial charge is 0.337 e. The van der Waals surface area contributed by atoms with Crippen molar-refractivity contribution >= 4 is 11.9 Å². The molecule has 2 aliphatic rings. The molecule has 0 radical (unpaired) electrons. The van der Waals surface area contributed by atoms with Crippen LogP contribution in [0.15, 0.2) is 58.4 Å². The summed E-state index contributed by atoms with van der Waals surface area (Å²) in [5.41, 5.74) is 1.04. The Morgan fingerprint density at radius 1 is 0.938 bits per heavy atom. The topological polar surface area (TPSA) is 104 Å². The molecule has 9 nitrogen and oxygen atoms in total. The summed E-state index contributed by atoms with van der Waals surface area (Å²) in [6, 6.07) is 9.81. The van der Waals surface area contributed by atoms with Crippen molar-refractivity contribution in [3.8, 4) is 0 Å². The average Bonchev–Trinajstić information content (AvgIpc) is 3.31. The van der Waals surface area contributed by atoms with Gasteiger partial charge in [-0.15, -0.1) is 0 Å². The molecule has 164 valence electrons. The van der Waals surface area contributed by atoms with E-state index in [9.17, 15) is 14.4 Å². The Morgan fingerprint density at radius 2 is 1.66 bits per heavy atom. The lowest BCUT2D eigenvalue weighted by Crippen LogP contribution is -2.53. The predicted octanol–water partition coefficient (Wildman–Crippen LogP) is 0.753. The number of nitrogens with zero attached hydrogens (tertiary/aromatic N) is 5. The first-order chi connectivity index (χ1) is 15.6. The van der Waals surface area contributed by atoms with Gasteiger partial charge in [0.25, 0.3) is 11.5 Å². The number of aromatic amines is 1. The third-order valence-electron chi connectivity index (χ3n) is 6.21. The molecule has 3 heterocycles. The zero-order valence-corrected chi connectivity index (χ0v) is 17.6. The van der Waals surface area contributed by atoms with E-state index in [2.05, 4.69) is 15.0 Å². The predicted molar refractivity (Wildman–Crippen MR) is 119 cm³/mol. The highest BCUT2D eigenvalue weighted by atomic mass is 16.2. The molecule has 1 aliphatic carbocycles. The molecule has 1 unspecified atom stereocenters. The molecule has 1 aliphatic heterocycles. The number of aryl methyl sites for hydroxylation is 1. The van der Waals surface area contributed by atoms with Crippen molar-refractivity contribution in [3.05, 3.63) is 86.5 Å². The maximum atomic E-state index is 13.7. The van der Waals surface area contributed by atoms with Gasteiger partial charge in [-0.25, -0.2) is 19.3 Å². The van der Waals surface area contributed by atoms with Gasteiger partial charge in [-0.05, 0) is 30.9 Å². The fourth-order valence-electron chi connectivity index (χ4n) is 4.57. The summed E-state index contributed by atoms with van der Waals surface area (Å²) in [4.78, 5) is 55.1. The van der Waals surface area contributed by atoms with E-state index in [4.69, 9.17) is 0 Å². The SMILES string of the molecule is O=C(C(c1ccccc1)n1c(=O)[nH]c2c(c1=O)CCC2)N1CCN(c2ncccn2)CC1. The monoisotopic (exact) mass is 432 g/mol. The number of benzene rings is 1. The Balaban J connectivity index is 1.48. The lowest BCUT2D eigenvalue weighted by Gasteiger charge is -2.36. The lowest BCUT2D eigenvalue weighted by molar-refractivity contribution is -0.134. The summed E-state index contributed by atoms with van der Waals surface area (Å²) in [5, 5.41) is 0. The minimum absolute atomic E-state index is 0.254. The van der Waals surface area contributed by atoms with E-state index in [1.165, 1.54) is 0 Å². The zero-order chi connectivity index (χ0) is 22.1. The van der Waals surface area contributed by atoms with Crippen LogP contribution in [0.25, 0.3) is 0 Å². The van der Waals surface area contributed by atoms with Gasteiger partial charge < -0.3 is 14.8 Å². The molecule has 2 aromatic heterocycles. The van der Waals surface area contributed by atoms with Crippen LogP contribution in [0.3, 0.4) is 0 Å². The van der Waals surface area contributed by atoms with Crippen LogP contribution in [-0.2, 0) is 17.6 Å². The number of nitrogens with one attached hydrogen (secondary N) is 1. The van der Waals surface area contributed by atoms with Crippen molar-refractivity contribution in [2.75, 3.05) is 31.1 Å². The number of hydrogen-bond acceptors (Lipinski definition) is 6. The molecule has 0 saturated carbocycles. The highest BCUT2D eigenvalue weighted by Crippen LogP contribution is 2.22. The molecule has 1 amide bonds. The van der Waals surface area contributed by atoms with Gasteiger partial charge in [0.2, 0.25) is 5.95 Å². The molecule has 5 rings (SSSR count). The summed E-state index contributed by atoms with van der Waals surface area (Å²) < 4.78 is 1.11. The van der Waals surface area contributed by atoms with Crippen molar-refractivity contribution in [3.63, 3.8) is 0 Å². The minimum atomic E-state index is -1.00. The highest BCUT2D eigenvalue weighted by molar-refractivity contribution is 5.84. The fourth-order valence-corrected chi connectivity index (χ4v) is 4.57. The molecule has 1 N–H and O–H groups in total. The van der Waals surface area contributed by atoms with Gasteiger partial charge in [-0.1, -0.05) is 30.3 Å². The normalized spacial score (nSPS) is 16.6. The standard InChI is InChI=1S/C23H24N6O3/c30-20-17-8-4-9-18(17)26-23(32)29(20)19(16-6-2-1-3-7-16)21(31)27-12-14-28(15-13-27)22-24-10-5-11-25-22/h1-3,5-7,10-11,19H,4,8-9,12-15H2,(H,26,32). The van der Waals surface area contributed by atoms with E-state index in [1.807, 2.05) is 23.1 Å². The Labute approximate surface area is 184 Å². The Hall–Kier alpha value is -3.75. The van der Waals surface area contributed by atoms with E-state index in [0.29, 0.717) is 61.8 Å². The number of amides is 1. The van der Waals surface area contributed by atoms with Gasteiger partial charge in [0, 0.05) is 49.8 Å². The molecule has 1 atom stereocenters. The van der Waals surface area contributed by atoms with Gasteiger partial charge in [-0.3, -0.25) is 9.59 Å². The maximum Gasteiger partial charge on any atom is 0.329 e. The van der Waals surface area contributed by atoms with E-state index >= 15 is 0 Å². The van der Waals surface area contributed by atoms with Crippen LogP contribution < -0.4 is 16.1 Å². The van der Waals surface area contributed by atoms with E-state index in [-0.39, 0.29) is 11.5 Å². The summed E-state index contributed by atoms with van der Waals surface area (Å²) in [7, 11) is 0. The number of hydrogen-bond donors (Lipinski definition) is 1. The summed E-state index contributed by atoms with van der Waals surface area (Å²) in [5.74, 6) is 0.376. The molecule has 0 spiro atoms. The van der Waals surface area contributed by atoms with E-state index < -0.39 is 11.7 Å². The number of H-pyrrole nitrogens is 1. The van der Waals surface area contributed by atoms with Crippen molar-refractivity contribution in [1.82, 2.24) is 24.4 Å². The van der Waals surface area contributed by atoms with Gasteiger partial charge in [0.1, 0.15) is 6.04 Å². The molecular weight excluding hydrogens is 408 g/mol. The van der Waals surface area contributed by atoms with Crippen LogP contribution in [0, 0.1) is 0 Å². The van der Waals surface area contributed by atoms with Crippen LogP contribution >= 0.6 is 0 Å². The van der Waals surface area contributed by atoms with E-state index in [1.54, 1.807) is 35.5 Å². The van der Waals surface area contributed by atoms with Crippen LogP contribution in [0.4, 0.5) is 5.95 Å². The number of rotatable bonds is 4. The van der Waals surface area contributed by atoms with Gasteiger partial charge in [0.05, 0.1) is 0 Å².